The van der Waals surface area contributed by atoms with Crippen molar-refractivity contribution in [2.45, 2.75) is 151 Å². The van der Waals surface area contributed by atoms with Crippen molar-refractivity contribution in [3.05, 3.63) is 0 Å². The van der Waals surface area contributed by atoms with Crippen LogP contribution in [0.2, 0.25) is 0 Å². The van der Waals surface area contributed by atoms with E-state index in [1.165, 1.54) is 25.7 Å². The van der Waals surface area contributed by atoms with Gasteiger partial charge in [0.2, 0.25) is 0 Å². The Hall–Kier alpha value is -0.530. The molecular formula is C32H53F3N8. The van der Waals surface area contributed by atoms with Crippen LogP contribution < -0.4 is 42.5 Å². The molecule has 8 bridgehead atoms. The fourth-order valence-electron chi connectivity index (χ4n) is 11.8. The van der Waals surface area contributed by atoms with Crippen molar-refractivity contribution in [1.29, 1.82) is 0 Å². The maximum atomic E-state index is 14.9. The first kappa shape index (κ1) is 28.7. The van der Waals surface area contributed by atoms with Gasteiger partial charge >= 0.3 is 0 Å². The van der Waals surface area contributed by atoms with E-state index >= 15 is 0 Å². The van der Waals surface area contributed by atoms with Crippen LogP contribution in [0, 0.1) is 47.3 Å². The second kappa shape index (κ2) is 11.3. The topological polar surface area (TPSA) is 96.2 Å². The monoisotopic (exact) mass is 606 g/mol. The molecule has 9 rings (SSSR count). The van der Waals surface area contributed by atoms with Crippen molar-refractivity contribution in [3.8, 4) is 0 Å². The number of fused-ring (bicyclic) bond motifs is 20. The van der Waals surface area contributed by atoms with Crippen molar-refractivity contribution in [3.63, 3.8) is 0 Å². The highest BCUT2D eigenvalue weighted by Crippen LogP contribution is 2.46. The van der Waals surface area contributed by atoms with Crippen LogP contribution >= 0.6 is 0 Å². The van der Waals surface area contributed by atoms with Crippen LogP contribution in [-0.2, 0) is 0 Å². The number of alkyl halides is 3. The molecule has 5 aliphatic heterocycles. The quantitative estimate of drug-likeness (QED) is 0.213. The second-order valence-electron chi connectivity index (χ2n) is 16.0. The zero-order chi connectivity index (χ0) is 28.8. The molecule has 0 aromatic rings. The van der Waals surface area contributed by atoms with Gasteiger partial charge in [0.15, 0.2) is 0 Å². The molecule has 242 valence electrons. The highest BCUT2D eigenvalue weighted by Gasteiger charge is 2.55. The van der Waals surface area contributed by atoms with Gasteiger partial charge in [0.25, 0.3) is 0 Å². The van der Waals surface area contributed by atoms with Crippen molar-refractivity contribution in [2.24, 2.45) is 47.3 Å². The van der Waals surface area contributed by atoms with Gasteiger partial charge in [0.05, 0.1) is 49.3 Å². The van der Waals surface area contributed by atoms with Gasteiger partial charge in [-0.3, -0.25) is 42.5 Å². The summed E-state index contributed by atoms with van der Waals surface area (Å²) in [5, 5.41) is 31.7. The van der Waals surface area contributed by atoms with Crippen molar-refractivity contribution in [2.75, 3.05) is 0 Å². The second-order valence-corrected chi connectivity index (χ2v) is 16.0. The molecule has 4 aliphatic carbocycles. The Morgan fingerprint density at radius 1 is 0.279 bits per heavy atom. The van der Waals surface area contributed by atoms with Gasteiger partial charge in [-0.2, -0.15) is 0 Å². The first-order valence-electron chi connectivity index (χ1n) is 18.0. The predicted molar refractivity (Wildman–Crippen MR) is 158 cm³/mol. The van der Waals surface area contributed by atoms with Gasteiger partial charge in [-0.15, -0.1) is 0 Å². The third kappa shape index (κ3) is 5.02. The van der Waals surface area contributed by atoms with E-state index in [4.69, 9.17) is 0 Å². The fraction of sp³-hybridized carbons (Fsp3) is 1.00. The summed E-state index contributed by atoms with van der Waals surface area (Å²) >= 11 is 0. The van der Waals surface area contributed by atoms with E-state index in [9.17, 15) is 13.2 Å². The van der Waals surface area contributed by atoms with E-state index in [1.807, 2.05) is 0 Å². The smallest absolute Gasteiger partial charge is 0.101 e. The standard InChI is InChI=1S/C32H53F3N8/c33-14-5-8-19-22(11-14)31-39-27(19)37-25-17-3-1-2-4-18(17)26(36-25)38-30-23-12-15(34)6-9-20(23)28(40-30)42-32-24-13-16(35)7-10-21(24)29(41-31)43-32/h14-32,36-43H,1-13H2. The maximum Gasteiger partial charge on any atom is 0.101 e. The largest absolute Gasteiger partial charge is 0.286 e. The molecule has 5 heterocycles. The van der Waals surface area contributed by atoms with Crippen LogP contribution in [0.5, 0.6) is 0 Å². The summed E-state index contributed by atoms with van der Waals surface area (Å²) in [6.07, 6.45) is 9.63. The zero-order valence-electron chi connectivity index (χ0n) is 25.3. The summed E-state index contributed by atoms with van der Waals surface area (Å²) in [4.78, 5) is 0. The fourth-order valence-corrected chi connectivity index (χ4v) is 11.8. The van der Waals surface area contributed by atoms with Gasteiger partial charge in [-0.25, -0.2) is 13.2 Å². The normalized spacial score (nSPS) is 59.7. The van der Waals surface area contributed by atoms with Crippen LogP contribution in [0.4, 0.5) is 13.2 Å². The molecule has 19 atom stereocenters. The van der Waals surface area contributed by atoms with Crippen molar-refractivity contribution < 1.29 is 13.2 Å². The molecule has 0 spiro atoms. The van der Waals surface area contributed by atoms with Crippen molar-refractivity contribution >= 4 is 0 Å². The third-order valence-electron chi connectivity index (χ3n) is 13.8. The van der Waals surface area contributed by atoms with Crippen LogP contribution in [0.3, 0.4) is 0 Å². The summed E-state index contributed by atoms with van der Waals surface area (Å²) in [6, 6.07) is 0. The Morgan fingerprint density at radius 2 is 0.512 bits per heavy atom. The van der Waals surface area contributed by atoms with E-state index in [0.717, 1.165) is 19.3 Å². The molecule has 0 amide bonds. The lowest BCUT2D eigenvalue weighted by Gasteiger charge is -2.36. The molecule has 5 saturated heterocycles. The average molecular weight is 607 g/mol. The maximum absolute atomic E-state index is 14.9. The predicted octanol–water partition coefficient (Wildman–Crippen LogP) is 2.45. The van der Waals surface area contributed by atoms with Crippen LogP contribution in [0.1, 0.15) is 83.5 Å². The molecule has 4 saturated carbocycles. The summed E-state index contributed by atoms with van der Waals surface area (Å²) in [6.45, 7) is 0. The van der Waals surface area contributed by atoms with Crippen LogP contribution in [-0.4, -0.2) is 67.8 Å². The molecule has 8 nitrogen and oxygen atoms in total. The summed E-state index contributed by atoms with van der Waals surface area (Å²) < 4.78 is 44.7. The number of rotatable bonds is 0. The lowest BCUT2D eigenvalue weighted by atomic mass is 9.75. The molecule has 9 aliphatic rings. The highest BCUT2D eigenvalue weighted by atomic mass is 19.1. The lowest BCUT2D eigenvalue weighted by molar-refractivity contribution is 0.106. The van der Waals surface area contributed by atoms with Gasteiger partial charge < -0.3 is 0 Å². The Labute approximate surface area is 254 Å². The van der Waals surface area contributed by atoms with E-state index in [-0.39, 0.29) is 67.1 Å². The van der Waals surface area contributed by atoms with Gasteiger partial charge in [0, 0.05) is 0 Å². The zero-order valence-corrected chi connectivity index (χ0v) is 25.3. The molecule has 0 radical (unpaired) electrons. The Kier molecular flexibility index (Phi) is 7.55. The van der Waals surface area contributed by atoms with Crippen molar-refractivity contribution in [1.82, 2.24) is 42.5 Å². The first-order valence-corrected chi connectivity index (χ1v) is 18.0. The third-order valence-corrected chi connectivity index (χ3v) is 13.8. The SMILES string of the molecule is FC1CCC2C3NC(NC4NC(NC5NC(NC6NC(N3)C3CC(F)CCC63)C3CC(F)CCC53)C3CCCCC43)C2C1. The van der Waals surface area contributed by atoms with Crippen LogP contribution in [0.25, 0.3) is 0 Å². The lowest BCUT2D eigenvalue weighted by Crippen LogP contribution is -2.61. The van der Waals surface area contributed by atoms with E-state index < -0.39 is 18.5 Å². The van der Waals surface area contributed by atoms with E-state index in [2.05, 4.69) is 42.5 Å². The Balaban J connectivity index is 1.06. The molecule has 19 unspecified atom stereocenters. The van der Waals surface area contributed by atoms with E-state index in [0.29, 0.717) is 68.1 Å². The molecule has 43 heavy (non-hydrogen) atoms. The molecule has 0 aromatic carbocycles. The number of hydrogen-bond acceptors (Lipinski definition) is 8. The average Bonchev–Trinajstić information content (AvgIpc) is 3.72. The van der Waals surface area contributed by atoms with Gasteiger partial charge in [-0.05, 0) is 118 Å². The Morgan fingerprint density at radius 3 is 0.791 bits per heavy atom. The minimum atomic E-state index is -0.765. The molecule has 0 aromatic heterocycles. The molecule has 9 fully saturated rings. The Bertz CT molecular complexity index is 1020. The summed E-state index contributed by atoms with van der Waals surface area (Å²) in [5.41, 5.74) is 0. The number of halogens is 3. The minimum absolute atomic E-state index is 0.0166. The molecule has 8 N–H and O–H groups in total. The first-order chi connectivity index (χ1) is 21.0. The van der Waals surface area contributed by atoms with Crippen LogP contribution in [0.15, 0.2) is 0 Å². The number of nitrogens with one attached hydrogen (secondary N) is 8. The number of hydrogen-bond donors (Lipinski definition) is 8. The minimum Gasteiger partial charge on any atom is -0.286 e. The molecular weight excluding hydrogens is 553 g/mol. The highest BCUT2D eigenvalue weighted by molar-refractivity contribution is 5.09. The molecule has 11 heteroatoms. The summed E-state index contributed by atoms with van der Waals surface area (Å²) in [5.74, 6) is 2.78. The summed E-state index contributed by atoms with van der Waals surface area (Å²) in [7, 11) is 0. The van der Waals surface area contributed by atoms with Gasteiger partial charge in [0.1, 0.15) is 18.5 Å². The van der Waals surface area contributed by atoms with Gasteiger partial charge in [-0.1, -0.05) is 12.8 Å². The van der Waals surface area contributed by atoms with E-state index in [1.54, 1.807) is 0 Å².